The van der Waals surface area contributed by atoms with Crippen molar-refractivity contribution < 1.29 is 39.2 Å². The van der Waals surface area contributed by atoms with Gasteiger partial charge in [0.2, 0.25) is 0 Å². The van der Waals surface area contributed by atoms with Crippen LogP contribution in [0.25, 0.3) is 0 Å². The Bertz CT molecular complexity index is 715. The molecule has 0 radical (unpaired) electrons. The lowest BCUT2D eigenvalue weighted by Gasteiger charge is -2.31. The number of hydrogen-bond donors (Lipinski definition) is 3. The number of carboxylic acids is 3. The van der Waals surface area contributed by atoms with Gasteiger partial charge < -0.3 is 20.1 Å². The molecule has 0 saturated heterocycles. The molecule has 0 aromatic heterocycles. The van der Waals surface area contributed by atoms with Crippen molar-refractivity contribution >= 4 is 23.9 Å². The topological polar surface area (TPSA) is 138 Å². The Labute approximate surface area is 261 Å². The number of unbranched alkanes of at least 4 members (excludes halogenated alkanes) is 20. The van der Waals surface area contributed by atoms with E-state index in [0.717, 1.165) is 103 Å². The van der Waals surface area contributed by atoms with Crippen LogP contribution in [0.5, 0.6) is 0 Å². The highest BCUT2D eigenvalue weighted by Crippen LogP contribution is 2.35. The summed E-state index contributed by atoms with van der Waals surface area (Å²) < 4.78 is 5.63. The van der Waals surface area contributed by atoms with E-state index in [4.69, 9.17) is 14.9 Å². The number of esters is 1. The van der Waals surface area contributed by atoms with E-state index in [1.807, 2.05) is 0 Å². The summed E-state index contributed by atoms with van der Waals surface area (Å²) in [4.78, 5) is 46.8. The van der Waals surface area contributed by atoms with E-state index in [9.17, 15) is 24.3 Å². The Morgan fingerprint density at radius 2 is 0.698 bits per heavy atom. The van der Waals surface area contributed by atoms with Gasteiger partial charge in [0, 0.05) is 12.8 Å². The highest BCUT2D eigenvalue weighted by Gasteiger charge is 2.47. The molecule has 43 heavy (non-hydrogen) atoms. The fourth-order valence-corrected chi connectivity index (χ4v) is 5.59. The van der Waals surface area contributed by atoms with Crippen LogP contribution in [-0.4, -0.2) is 44.8 Å². The van der Waals surface area contributed by atoms with Crippen LogP contribution in [0.15, 0.2) is 0 Å². The number of rotatable bonds is 30. The number of carbonyl (C=O) groups excluding carboxylic acids is 1. The molecule has 0 fully saturated rings. The molecule has 8 heteroatoms. The molecular formula is C35H64O8. The smallest absolute Gasteiger partial charge is 0.323 e. The predicted molar refractivity (Wildman–Crippen MR) is 171 cm³/mol. The van der Waals surface area contributed by atoms with E-state index in [1.54, 1.807) is 20.8 Å². The first-order valence-electron chi connectivity index (χ1n) is 17.3. The lowest BCUT2D eigenvalue weighted by Crippen LogP contribution is -2.43. The minimum atomic E-state index is -1.48. The average molecular weight is 613 g/mol. The number of carbonyl (C=O) groups is 4. The first-order valence-corrected chi connectivity index (χ1v) is 17.3. The molecule has 8 nitrogen and oxygen atoms in total. The van der Waals surface area contributed by atoms with Crippen molar-refractivity contribution in [2.75, 3.05) is 0 Å². The molecule has 0 aromatic rings. The molecule has 0 saturated carbocycles. The van der Waals surface area contributed by atoms with Crippen molar-refractivity contribution in [3.8, 4) is 0 Å². The third-order valence-electron chi connectivity index (χ3n) is 8.19. The van der Waals surface area contributed by atoms with Gasteiger partial charge in [-0.1, -0.05) is 128 Å². The molecule has 0 atom stereocenters. The van der Waals surface area contributed by atoms with E-state index < -0.39 is 34.9 Å². The minimum absolute atomic E-state index is 0.263. The average Bonchev–Trinajstić information content (AvgIpc) is 2.91. The van der Waals surface area contributed by atoms with Crippen molar-refractivity contribution in [3.05, 3.63) is 0 Å². The standard InChI is InChI=1S/C35H64O8/c1-34(2,3)43-33(42)35(32(40)41,28-24-20-16-12-8-4-6-10-14-18-22-26-30(36)37)29-25-21-17-13-9-5-7-11-15-19-23-27-31(38)39/h4-29H2,1-3H3,(H,36,37)(H,38,39)(H,40,41). The molecule has 0 aliphatic rings. The van der Waals surface area contributed by atoms with Gasteiger partial charge in [0.15, 0.2) is 5.41 Å². The number of carboxylic acid groups (broad SMARTS) is 3. The van der Waals surface area contributed by atoms with Crippen LogP contribution in [0, 0.1) is 5.41 Å². The Balaban J connectivity index is 4.34. The van der Waals surface area contributed by atoms with Gasteiger partial charge in [0.1, 0.15) is 5.60 Å². The Hall–Kier alpha value is -2.12. The van der Waals surface area contributed by atoms with E-state index in [0.29, 0.717) is 25.7 Å². The predicted octanol–water partition coefficient (Wildman–Crippen LogP) is 9.71. The van der Waals surface area contributed by atoms with Crippen LogP contribution in [0.3, 0.4) is 0 Å². The van der Waals surface area contributed by atoms with Gasteiger partial charge in [-0.3, -0.25) is 19.2 Å². The van der Waals surface area contributed by atoms with Crippen LogP contribution in [0.2, 0.25) is 0 Å². The van der Waals surface area contributed by atoms with Crippen molar-refractivity contribution in [3.63, 3.8) is 0 Å². The van der Waals surface area contributed by atoms with Gasteiger partial charge in [0.25, 0.3) is 0 Å². The largest absolute Gasteiger partial charge is 0.481 e. The summed E-state index contributed by atoms with van der Waals surface area (Å²) in [7, 11) is 0. The van der Waals surface area contributed by atoms with E-state index in [1.165, 1.54) is 25.7 Å². The Morgan fingerprint density at radius 1 is 0.442 bits per heavy atom. The molecular weight excluding hydrogens is 548 g/mol. The van der Waals surface area contributed by atoms with Crippen LogP contribution in [0.4, 0.5) is 0 Å². The van der Waals surface area contributed by atoms with Crippen LogP contribution >= 0.6 is 0 Å². The normalized spacial score (nSPS) is 11.9. The molecule has 0 rings (SSSR count). The van der Waals surface area contributed by atoms with Gasteiger partial charge in [-0.2, -0.15) is 0 Å². The van der Waals surface area contributed by atoms with Crippen molar-refractivity contribution in [2.45, 2.75) is 193 Å². The number of aliphatic carboxylic acids is 3. The molecule has 0 aromatic carbocycles. The first kappa shape index (κ1) is 40.9. The molecule has 0 bridgehead atoms. The van der Waals surface area contributed by atoms with Crippen molar-refractivity contribution in [1.29, 1.82) is 0 Å². The van der Waals surface area contributed by atoms with Crippen LogP contribution in [0.1, 0.15) is 188 Å². The Morgan fingerprint density at radius 3 is 0.930 bits per heavy atom. The van der Waals surface area contributed by atoms with Crippen molar-refractivity contribution in [1.82, 2.24) is 0 Å². The summed E-state index contributed by atoms with van der Waals surface area (Å²) in [5.41, 5.74) is -2.21. The number of ether oxygens (including phenoxy) is 1. The van der Waals surface area contributed by atoms with E-state index in [2.05, 4.69) is 0 Å². The summed E-state index contributed by atoms with van der Waals surface area (Å²) in [5.74, 6) is -3.10. The Kier molecular flexibility index (Phi) is 24.0. The second-order valence-corrected chi connectivity index (χ2v) is 13.5. The zero-order valence-corrected chi connectivity index (χ0v) is 27.8. The third kappa shape index (κ3) is 24.0. The minimum Gasteiger partial charge on any atom is -0.481 e. The second-order valence-electron chi connectivity index (χ2n) is 13.5. The van der Waals surface area contributed by atoms with E-state index >= 15 is 0 Å². The van der Waals surface area contributed by atoms with Crippen molar-refractivity contribution in [2.24, 2.45) is 5.41 Å². The molecule has 0 unspecified atom stereocenters. The molecule has 0 aliphatic carbocycles. The quantitative estimate of drug-likeness (QED) is 0.0414. The maximum Gasteiger partial charge on any atom is 0.323 e. The summed E-state index contributed by atoms with van der Waals surface area (Å²) in [6.07, 6.45) is 23.6. The zero-order valence-electron chi connectivity index (χ0n) is 27.8. The summed E-state index contributed by atoms with van der Waals surface area (Å²) in [6.45, 7) is 5.34. The maximum absolute atomic E-state index is 13.2. The highest BCUT2D eigenvalue weighted by molar-refractivity contribution is 5.99. The van der Waals surface area contributed by atoms with Gasteiger partial charge in [0.05, 0.1) is 0 Å². The van der Waals surface area contributed by atoms with Gasteiger partial charge in [-0.25, -0.2) is 0 Å². The highest BCUT2D eigenvalue weighted by atomic mass is 16.6. The zero-order chi connectivity index (χ0) is 32.4. The lowest BCUT2D eigenvalue weighted by atomic mass is 9.77. The summed E-state index contributed by atoms with van der Waals surface area (Å²) in [6, 6.07) is 0. The molecule has 0 heterocycles. The van der Waals surface area contributed by atoms with Crippen LogP contribution < -0.4 is 0 Å². The van der Waals surface area contributed by atoms with Gasteiger partial charge in [-0.15, -0.1) is 0 Å². The molecule has 0 amide bonds. The maximum atomic E-state index is 13.2. The monoisotopic (exact) mass is 612 g/mol. The van der Waals surface area contributed by atoms with Gasteiger partial charge in [-0.05, 0) is 46.5 Å². The fourth-order valence-electron chi connectivity index (χ4n) is 5.59. The third-order valence-corrected chi connectivity index (χ3v) is 8.19. The molecule has 0 aliphatic heterocycles. The van der Waals surface area contributed by atoms with E-state index in [-0.39, 0.29) is 12.8 Å². The van der Waals surface area contributed by atoms with Gasteiger partial charge >= 0.3 is 23.9 Å². The molecule has 3 N–H and O–H groups in total. The van der Waals surface area contributed by atoms with Crippen LogP contribution in [-0.2, 0) is 23.9 Å². The second kappa shape index (κ2) is 25.2. The fraction of sp³-hybridized carbons (Fsp3) is 0.886. The first-order chi connectivity index (χ1) is 20.4. The summed E-state index contributed by atoms with van der Waals surface area (Å²) in [5, 5.41) is 27.6. The molecule has 252 valence electrons. The summed E-state index contributed by atoms with van der Waals surface area (Å²) >= 11 is 0. The number of hydrogen-bond acceptors (Lipinski definition) is 5. The SMILES string of the molecule is CC(C)(C)OC(=O)C(CCCCCCCCCCCCCC(=O)O)(CCCCCCCCCCCCCC(=O)O)C(=O)O. The lowest BCUT2D eigenvalue weighted by molar-refractivity contribution is -0.178. The molecule has 0 spiro atoms.